The van der Waals surface area contributed by atoms with Crippen molar-refractivity contribution in [3.63, 3.8) is 0 Å². The first-order valence-electron chi connectivity index (χ1n) is 8.87. The number of rotatable bonds is 7. The van der Waals surface area contributed by atoms with E-state index in [-0.39, 0.29) is 24.3 Å². The van der Waals surface area contributed by atoms with Crippen molar-refractivity contribution >= 4 is 17.5 Å². The van der Waals surface area contributed by atoms with Gasteiger partial charge in [0.2, 0.25) is 5.95 Å². The van der Waals surface area contributed by atoms with Crippen LogP contribution >= 0.6 is 0 Å². The number of anilines is 3. The van der Waals surface area contributed by atoms with E-state index in [0.717, 1.165) is 0 Å². The first kappa shape index (κ1) is 21.3. The van der Waals surface area contributed by atoms with Crippen molar-refractivity contribution in [3.05, 3.63) is 60.4 Å². The number of aliphatic hydroxyl groups is 1. The van der Waals surface area contributed by atoms with Crippen molar-refractivity contribution in [2.24, 2.45) is 0 Å². The molecule has 0 bridgehead atoms. The number of nitrogens with zero attached hydrogens (tertiary/aromatic N) is 2. The third kappa shape index (κ3) is 6.05. The van der Waals surface area contributed by atoms with Gasteiger partial charge < -0.3 is 20.5 Å². The van der Waals surface area contributed by atoms with Crippen LogP contribution in [0.4, 0.5) is 35.0 Å². The highest BCUT2D eigenvalue weighted by atomic mass is 19.4. The summed E-state index contributed by atoms with van der Waals surface area (Å²) in [4.78, 5) is 8.61. The van der Waals surface area contributed by atoms with Gasteiger partial charge in [0.15, 0.2) is 0 Å². The highest BCUT2D eigenvalue weighted by Crippen LogP contribution is 2.29. The van der Waals surface area contributed by atoms with Gasteiger partial charge in [0.1, 0.15) is 17.4 Å². The zero-order chi connectivity index (χ0) is 21.7. The van der Waals surface area contributed by atoms with Gasteiger partial charge in [-0.05, 0) is 43.3 Å². The summed E-state index contributed by atoms with van der Waals surface area (Å²) in [6.45, 7) is 1.53. The van der Waals surface area contributed by atoms with Crippen LogP contribution in [-0.2, 0) is 0 Å². The third-order valence-electron chi connectivity index (χ3n) is 3.86. The zero-order valence-electron chi connectivity index (χ0n) is 15.7. The summed E-state index contributed by atoms with van der Waals surface area (Å²) in [5, 5.41) is 15.2. The van der Waals surface area contributed by atoms with Gasteiger partial charge in [0.25, 0.3) is 0 Å². The van der Waals surface area contributed by atoms with Crippen LogP contribution < -0.4 is 15.4 Å². The monoisotopic (exact) mass is 422 g/mol. The standard InChI is InChI=1S/C20H18F4N4O2/c1-12(11-29)25-19-27-17(13-3-2-4-16(9-13)30-20(22,23)24)10-18(28-19)26-15-7-5-14(21)6-8-15/h2-10,12,29H,11H2,1H3,(H2,25,26,27,28)/t12-/m1/s1. The van der Waals surface area contributed by atoms with E-state index in [1.165, 1.54) is 48.5 Å². The molecule has 3 aromatic rings. The number of alkyl halides is 3. The fraction of sp³-hybridized carbons (Fsp3) is 0.200. The topological polar surface area (TPSA) is 79.3 Å². The average molecular weight is 422 g/mol. The van der Waals surface area contributed by atoms with E-state index in [1.54, 1.807) is 13.0 Å². The first-order valence-corrected chi connectivity index (χ1v) is 8.87. The van der Waals surface area contributed by atoms with Gasteiger partial charge in [-0.3, -0.25) is 0 Å². The maximum Gasteiger partial charge on any atom is 0.573 e. The molecule has 0 aliphatic heterocycles. The zero-order valence-corrected chi connectivity index (χ0v) is 15.7. The Balaban J connectivity index is 1.97. The molecule has 0 radical (unpaired) electrons. The van der Waals surface area contributed by atoms with E-state index >= 15 is 0 Å². The van der Waals surface area contributed by atoms with Crippen LogP contribution in [-0.4, -0.2) is 34.1 Å². The summed E-state index contributed by atoms with van der Waals surface area (Å²) >= 11 is 0. The van der Waals surface area contributed by atoms with Crippen LogP contribution in [0.15, 0.2) is 54.6 Å². The van der Waals surface area contributed by atoms with Crippen LogP contribution in [0.1, 0.15) is 6.92 Å². The Morgan fingerprint density at radius 3 is 2.47 bits per heavy atom. The van der Waals surface area contributed by atoms with Crippen molar-refractivity contribution in [3.8, 4) is 17.0 Å². The molecule has 1 heterocycles. The smallest absolute Gasteiger partial charge is 0.406 e. The first-order chi connectivity index (χ1) is 14.2. The quantitative estimate of drug-likeness (QED) is 0.479. The van der Waals surface area contributed by atoms with E-state index in [1.807, 2.05) is 0 Å². The Morgan fingerprint density at radius 2 is 1.80 bits per heavy atom. The molecule has 0 amide bonds. The van der Waals surface area contributed by atoms with Crippen LogP contribution in [0.2, 0.25) is 0 Å². The van der Waals surface area contributed by atoms with Gasteiger partial charge in [-0.1, -0.05) is 12.1 Å². The third-order valence-corrected chi connectivity index (χ3v) is 3.86. The number of aromatic nitrogens is 2. The molecule has 2 aromatic carbocycles. The number of nitrogens with one attached hydrogen (secondary N) is 2. The Bertz CT molecular complexity index is 997. The predicted molar refractivity (Wildman–Crippen MR) is 104 cm³/mol. The van der Waals surface area contributed by atoms with Gasteiger partial charge >= 0.3 is 6.36 Å². The maximum absolute atomic E-state index is 13.1. The highest BCUT2D eigenvalue weighted by molar-refractivity contribution is 5.68. The predicted octanol–water partition coefficient (Wildman–Crippen LogP) is 4.72. The molecule has 1 atom stereocenters. The maximum atomic E-state index is 13.1. The number of ether oxygens (including phenoxy) is 1. The molecule has 10 heteroatoms. The molecule has 30 heavy (non-hydrogen) atoms. The lowest BCUT2D eigenvalue weighted by molar-refractivity contribution is -0.274. The van der Waals surface area contributed by atoms with Gasteiger partial charge in [-0.15, -0.1) is 13.2 Å². The normalized spacial score (nSPS) is 12.3. The lowest BCUT2D eigenvalue weighted by atomic mass is 10.1. The van der Waals surface area contributed by atoms with Crippen LogP contribution in [0.5, 0.6) is 5.75 Å². The minimum Gasteiger partial charge on any atom is -0.406 e. The van der Waals surface area contributed by atoms with Gasteiger partial charge in [-0.2, -0.15) is 4.98 Å². The van der Waals surface area contributed by atoms with Crippen molar-refractivity contribution in [1.82, 2.24) is 9.97 Å². The molecule has 6 nitrogen and oxygen atoms in total. The second-order valence-corrected chi connectivity index (χ2v) is 6.40. The Labute approximate surface area is 169 Å². The molecule has 0 unspecified atom stereocenters. The fourth-order valence-electron chi connectivity index (χ4n) is 2.52. The summed E-state index contributed by atoms with van der Waals surface area (Å²) < 4.78 is 54.7. The number of hydrogen-bond donors (Lipinski definition) is 3. The summed E-state index contributed by atoms with van der Waals surface area (Å²) in [5.41, 5.74) is 1.23. The molecule has 3 rings (SSSR count). The van der Waals surface area contributed by atoms with Crippen molar-refractivity contribution in [1.29, 1.82) is 0 Å². The molecule has 3 N–H and O–H groups in total. The van der Waals surface area contributed by atoms with E-state index in [2.05, 4.69) is 25.3 Å². The van der Waals surface area contributed by atoms with Crippen molar-refractivity contribution < 1.29 is 27.4 Å². The minimum atomic E-state index is -4.82. The molecular formula is C20H18F4N4O2. The van der Waals surface area contributed by atoms with Crippen molar-refractivity contribution in [2.75, 3.05) is 17.2 Å². The van der Waals surface area contributed by atoms with Gasteiger partial charge in [0, 0.05) is 23.4 Å². The average Bonchev–Trinajstić information content (AvgIpc) is 2.68. The molecule has 0 fully saturated rings. The second-order valence-electron chi connectivity index (χ2n) is 6.40. The SMILES string of the molecule is C[C@H](CO)Nc1nc(Nc2ccc(F)cc2)cc(-c2cccc(OC(F)(F)F)c2)n1. The number of benzene rings is 2. The van der Waals surface area contributed by atoms with E-state index in [9.17, 15) is 22.7 Å². The molecule has 0 saturated heterocycles. The van der Waals surface area contributed by atoms with E-state index in [4.69, 9.17) is 0 Å². The summed E-state index contributed by atoms with van der Waals surface area (Å²) in [5.74, 6) is -0.309. The second kappa shape index (κ2) is 8.95. The summed E-state index contributed by atoms with van der Waals surface area (Å²) in [6, 6.07) is 12.1. The highest BCUT2D eigenvalue weighted by Gasteiger charge is 2.31. The van der Waals surface area contributed by atoms with Crippen LogP contribution in [0, 0.1) is 5.82 Å². The molecule has 0 saturated carbocycles. The largest absolute Gasteiger partial charge is 0.573 e. The number of hydrogen-bond acceptors (Lipinski definition) is 6. The molecule has 1 aromatic heterocycles. The molecule has 0 aliphatic carbocycles. The fourth-order valence-corrected chi connectivity index (χ4v) is 2.52. The lowest BCUT2D eigenvalue weighted by Gasteiger charge is -2.15. The summed E-state index contributed by atoms with van der Waals surface area (Å²) in [7, 11) is 0. The van der Waals surface area contributed by atoms with E-state index < -0.39 is 12.2 Å². The number of halogens is 4. The van der Waals surface area contributed by atoms with Crippen molar-refractivity contribution in [2.45, 2.75) is 19.3 Å². The Hall–Kier alpha value is -3.40. The molecule has 0 aliphatic rings. The molecule has 158 valence electrons. The number of aliphatic hydroxyl groups excluding tert-OH is 1. The van der Waals surface area contributed by atoms with Gasteiger partial charge in [0.05, 0.1) is 12.3 Å². The minimum absolute atomic E-state index is 0.154. The lowest BCUT2D eigenvalue weighted by Crippen LogP contribution is -2.21. The Morgan fingerprint density at radius 1 is 1.07 bits per heavy atom. The van der Waals surface area contributed by atoms with Crippen LogP contribution in [0.3, 0.4) is 0 Å². The van der Waals surface area contributed by atoms with E-state index in [0.29, 0.717) is 22.8 Å². The molecular weight excluding hydrogens is 404 g/mol. The summed E-state index contributed by atoms with van der Waals surface area (Å²) in [6.07, 6.45) is -4.82. The Kier molecular flexibility index (Phi) is 6.36. The van der Waals surface area contributed by atoms with Gasteiger partial charge in [-0.25, -0.2) is 9.37 Å². The van der Waals surface area contributed by atoms with Crippen LogP contribution in [0.25, 0.3) is 11.3 Å². The molecule has 0 spiro atoms.